The second-order valence-corrected chi connectivity index (χ2v) is 7.19. The molecule has 1 aliphatic rings. The number of fused-ring (bicyclic) bond motifs is 1. The maximum atomic E-state index is 12.0. The van der Waals surface area contributed by atoms with E-state index in [0.717, 1.165) is 5.57 Å². The zero-order valence-electron chi connectivity index (χ0n) is 15.0. The third-order valence-corrected chi connectivity index (χ3v) is 5.00. The maximum absolute atomic E-state index is 12.0. The molecule has 1 unspecified atom stereocenters. The Bertz CT molecular complexity index is 929. The van der Waals surface area contributed by atoms with Crippen LogP contribution in [0.4, 0.5) is 5.95 Å². The Labute approximate surface area is 149 Å². The number of aromatic nitrogens is 4. The smallest absolute Gasteiger partial charge is 0.308 e. The molecule has 2 atom stereocenters. The van der Waals surface area contributed by atoms with Crippen molar-refractivity contribution >= 4 is 29.3 Å². The average Bonchev–Trinajstić information content (AvgIpc) is 3.14. The number of H-pyrrole nitrogens is 1. The number of nitrogen functional groups attached to an aromatic ring is 1. The second kappa shape index (κ2) is 6.56. The number of nitrogens with two attached hydrogens (primary N) is 1. The van der Waals surface area contributed by atoms with E-state index in [4.69, 9.17) is 10.5 Å². The van der Waals surface area contributed by atoms with Crippen LogP contribution in [0.25, 0.3) is 17.4 Å². The number of nitrogens with one attached hydrogen (secondary N) is 1. The molecule has 1 saturated carbocycles. The topological polar surface area (TPSA) is 136 Å². The van der Waals surface area contributed by atoms with Gasteiger partial charge in [-0.2, -0.15) is 4.98 Å². The SMILES string of the molecule is CC(C)[C@H](C)C(=O)OCC1(CO)C/C1=C/n1cnc2c(=O)[nH]c(N)nc21. The summed E-state index contributed by atoms with van der Waals surface area (Å²) in [6.45, 7) is 5.73. The highest BCUT2D eigenvalue weighted by Gasteiger charge is 2.50. The molecule has 3 rings (SSSR count). The van der Waals surface area contributed by atoms with Gasteiger partial charge < -0.3 is 15.6 Å². The van der Waals surface area contributed by atoms with Crippen LogP contribution in [0.2, 0.25) is 0 Å². The van der Waals surface area contributed by atoms with Gasteiger partial charge in [0, 0.05) is 6.20 Å². The summed E-state index contributed by atoms with van der Waals surface area (Å²) < 4.78 is 6.99. The van der Waals surface area contributed by atoms with Crippen LogP contribution in [0, 0.1) is 17.3 Å². The number of carbonyl (C=O) groups is 1. The Morgan fingerprint density at radius 2 is 2.27 bits per heavy atom. The van der Waals surface area contributed by atoms with Gasteiger partial charge in [-0.15, -0.1) is 0 Å². The predicted molar refractivity (Wildman–Crippen MR) is 95.9 cm³/mol. The van der Waals surface area contributed by atoms with Gasteiger partial charge in [0.25, 0.3) is 5.56 Å². The van der Waals surface area contributed by atoms with Gasteiger partial charge in [0.1, 0.15) is 12.9 Å². The molecule has 0 bridgehead atoms. The quantitative estimate of drug-likeness (QED) is 0.646. The van der Waals surface area contributed by atoms with Gasteiger partial charge >= 0.3 is 5.97 Å². The van der Waals surface area contributed by atoms with E-state index in [2.05, 4.69) is 15.0 Å². The van der Waals surface area contributed by atoms with Gasteiger partial charge in [-0.1, -0.05) is 20.8 Å². The molecule has 0 amide bonds. The third kappa shape index (κ3) is 3.22. The Balaban J connectivity index is 1.79. The van der Waals surface area contributed by atoms with Crippen molar-refractivity contribution in [3.05, 3.63) is 22.3 Å². The highest BCUT2D eigenvalue weighted by molar-refractivity contribution is 5.74. The van der Waals surface area contributed by atoms with E-state index < -0.39 is 11.0 Å². The Hall–Kier alpha value is -2.68. The van der Waals surface area contributed by atoms with Gasteiger partial charge in [0.15, 0.2) is 11.2 Å². The molecule has 9 nitrogen and oxygen atoms in total. The first-order chi connectivity index (χ1) is 12.3. The standard InChI is InChI=1S/C17H23N5O4/c1-9(2)10(3)15(25)26-7-17(6-23)4-11(17)5-22-8-19-12-13(22)20-16(18)21-14(12)24/h5,8-10,23H,4,6-7H2,1-3H3,(H3,18,20,21,24)/b11-5-/t10-,17?/m0/s1. The largest absolute Gasteiger partial charge is 0.464 e. The van der Waals surface area contributed by atoms with Crippen molar-refractivity contribution in [1.82, 2.24) is 19.5 Å². The van der Waals surface area contributed by atoms with E-state index in [9.17, 15) is 14.7 Å². The number of hydrogen-bond donors (Lipinski definition) is 3. The Kier molecular flexibility index (Phi) is 4.57. The lowest BCUT2D eigenvalue weighted by molar-refractivity contribution is -0.151. The number of hydrogen-bond acceptors (Lipinski definition) is 7. The second-order valence-electron chi connectivity index (χ2n) is 7.19. The van der Waals surface area contributed by atoms with Crippen molar-refractivity contribution in [3.8, 4) is 0 Å². The summed E-state index contributed by atoms with van der Waals surface area (Å²) in [5, 5.41) is 9.77. The molecule has 140 valence electrons. The minimum absolute atomic E-state index is 0.00321. The number of nitrogens with zero attached hydrogens (tertiary/aromatic N) is 3. The number of anilines is 1. The van der Waals surface area contributed by atoms with Crippen LogP contribution in [0.5, 0.6) is 0 Å². The zero-order chi connectivity index (χ0) is 19.1. The number of aliphatic hydroxyl groups is 1. The Morgan fingerprint density at radius 3 is 2.92 bits per heavy atom. The van der Waals surface area contributed by atoms with Crippen LogP contribution in [-0.2, 0) is 9.53 Å². The molecule has 2 aromatic heterocycles. The summed E-state index contributed by atoms with van der Waals surface area (Å²) in [5.41, 5.74) is 6.00. The molecule has 0 saturated heterocycles. The lowest BCUT2D eigenvalue weighted by Gasteiger charge is -2.17. The van der Waals surface area contributed by atoms with Crippen molar-refractivity contribution in [1.29, 1.82) is 0 Å². The third-order valence-electron chi connectivity index (χ3n) is 5.00. The van der Waals surface area contributed by atoms with Gasteiger partial charge in [0.2, 0.25) is 5.95 Å². The number of esters is 1. The maximum Gasteiger partial charge on any atom is 0.308 e. The fourth-order valence-electron chi connectivity index (χ4n) is 2.67. The monoisotopic (exact) mass is 361 g/mol. The molecular weight excluding hydrogens is 338 g/mol. The van der Waals surface area contributed by atoms with Crippen molar-refractivity contribution in [2.75, 3.05) is 18.9 Å². The van der Waals surface area contributed by atoms with E-state index in [-0.39, 0.29) is 42.5 Å². The number of rotatable bonds is 6. The van der Waals surface area contributed by atoms with Crippen molar-refractivity contribution < 1.29 is 14.6 Å². The molecule has 0 radical (unpaired) electrons. The minimum atomic E-state index is -0.588. The van der Waals surface area contributed by atoms with Crippen LogP contribution in [0.15, 0.2) is 16.7 Å². The van der Waals surface area contributed by atoms with Crippen molar-refractivity contribution in [3.63, 3.8) is 0 Å². The normalized spacial score (nSPS) is 22.1. The van der Waals surface area contributed by atoms with Crippen LogP contribution < -0.4 is 11.3 Å². The van der Waals surface area contributed by atoms with E-state index in [1.165, 1.54) is 6.33 Å². The molecule has 0 aliphatic heterocycles. The lowest BCUT2D eigenvalue weighted by Crippen LogP contribution is -2.25. The number of aromatic amines is 1. The van der Waals surface area contributed by atoms with E-state index >= 15 is 0 Å². The van der Waals surface area contributed by atoms with Crippen LogP contribution in [-0.4, -0.2) is 43.8 Å². The van der Waals surface area contributed by atoms with E-state index in [1.54, 1.807) is 10.8 Å². The number of aliphatic hydroxyl groups excluding tert-OH is 1. The first kappa shape index (κ1) is 18.1. The first-order valence-electron chi connectivity index (χ1n) is 8.48. The average molecular weight is 361 g/mol. The van der Waals surface area contributed by atoms with Crippen molar-refractivity contribution in [2.24, 2.45) is 17.3 Å². The fraction of sp³-hybridized carbons (Fsp3) is 0.529. The number of imidazole rings is 1. The molecule has 0 aromatic carbocycles. The van der Waals surface area contributed by atoms with Crippen molar-refractivity contribution in [2.45, 2.75) is 27.2 Å². The minimum Gasteiger partial charge on any atom is -0.464 e. The van der Waals surface area contributed by atoms with Gasteiger partial charge in [-0.3, -0.25) is 19.1 Å². The lowest BCUT2D eigenvalue weighted by atomic mass is 9.98. The molecule has 2 aromatic rings. The molecule has 0 spiro atoms. The predicted octanol–water partition coefficient (Wildman–Crippen LogP) is 0.760. The summed E-state index contributed by atoms with van der Waals surface area (Å²) in [6.07, 6.45) is 3.80. The summed E-state index contributed by atoms with van der Waals surface area (Å²) >= 11 is 0. The molecule has 26 heavy (non-hydrogen) atoms. The van der Waals surface area contributed by atoms with Crippen LogP contribution in [0.3, 0.4) is 0 Å². The molecule has 1 aliphatic carbocycles. The highest BCUT2D eigenvalue weighted by atomic mass is 16.5. The number of carbonyl (C=O) groups excluding carboxylic acids is 1. The van der Waals surface area contributed by atoms with Gasteiger partial charge in [0.05, 0.1) is 17.9 Å². The summed E-state index contributed by atoms with van der Waals surface area (Å²) in [5.74, 6) is -0.279. The molecule has 9 heteroatoms. The van der Waals surface area contributed by atoms with Gasteiger partial charge in [-0.05, 0) is 17.9 Å². The first-order valence-corrected chi connectivity index (χ1v) is 8.48. The fourth-order valence-corrected chi connectivity index (χ4v) is 2.67. The summed E-state index contributed by atoms with van der Waals surface area (Å²) in [6, 6.07) is 0. The molecule has 4 N–H and O–H groups in total. The van der Waals surface area contributed by atoms with Gasteiger partial charge in [-0.25, -0.2) is 4.98 Å². The molecule has 2 heterocycles. The highest BCUT2D eigenvalue weighted by Crippen LogP contribution is 2.52. The number of ether oxygens (including phenoxy) is 1. The summed E-state index contributed by atoms with van der Waals surface area (Å²) in [7, 11) is 0. The molecule has 1 fully saturated rings. The zero-order valence-corrected chi connectivity index (χ0v) is 15.0. The molecular formula is C17H23N5O4. The van der Waals surface area contributed by atoms with E-state index in [1.807, 2.05) is 20.8 Å². The van der Waals surface area contributed by atoms with Crippen LogP contribution >= 0.6 is 0 Å². The van der Waals surface area contributed by atoms with Crippen LogP contribution in [0.1, 0.15) is 27.2 Å². The van der Waals surface area contributed by atoms with E-state index in [0.29, 0.717) is 12.1 Å². The summed E-state index contributed by atoms with van der Waals surface area (Å²) in [4.78, 5) is 34.4. The Morgan fingerprint density at radius 1 is 1.54 bits per heavy atom.